The largest absolute Gasteiger partial charge is 0.344 e. The van der Waals surface area contributed by atoms with Gasteiger partial charge in [-0.3, -0.25) is 0 Å². The lowest BCUT2D eigenvalue weighted by Crippen LogP contribution is -1.93. The van der Waals surface area contributed by atoms with Gasteiger partial charge in [-0.05, 0) is 106 Å². The van der Waals surface area contributed by atoms with Crippen LogP contribution in [-0.2, 0) is 14.1 Å². The Morgan fingerprint density at radius 1 is 0.234 bits per heavy atom. The predicted molar refractivity (Wildman–Crippen MR) is 271 cm³/mol. The number of hydrogen-bond acceptors (Lipinski definition) is 0. The molecule has 0 spiro atoms. The molecule has 0 saturated heterocycles. The highest BCUT2D eigenvalue weighted by atomic mass is 15.0. The molecule has 0 aliphatic heterocycles. The Morgan fingerprint density at radius 2 is 0.547 bits per heavy atom. The summed E-state index contributed by atoms with van der Waals surface area (Å²) in [6.45, 7) is 0. The van der Waals surface area contributed by atoms with Gasteiger partial charge in [0.25, 0.3) is 0 Å². The number of rotatable bonds is 4. The fraction of sp³-hybridized carbons (Fsp3) is 0.0333. The molecule has 4 nitrogen and oxygen atoms in total. The standard InChI is InChI=1S/C60H40N4/c1-61-55-33-31-48-47(59(55)49-29-23-39(35-57(49)61)37-19-25-41(26-20-37)63-51-15-7-3-11-43(51)44-12-4-8-16-52(44)63)32-34-56-60(48)50-30-24-40(36-58(50)62(56)2)38-21-27-42(28-22-38)64-53-17-9-5-13-45(53)46-14-6-10-18-54(46)64/h3-36H,1-2H3. The van der Waals surface area contributed by atoms with E-state index in [-0.39, 0.29) is 0 Å². The maximum absolute atomic E-state index is 2.38. The van der Waals surface area contributed by atoms with E-state index < -0.39 is 0 Å². The van der Waals surface area contributed by atoms with Gasteiger partial charge >= 0.3 is 0 Å². The molecule has 64 heavy (non-hydrogen) atoms. The smallest absolute Gasteiger partial charge is 0.0541 e. The first kappa shape index (κ1) is 35.3. The summed E-state index contributed by atoms with van der Waals surface area (Å²) in [5, 5.41) is 12.9. The van der Waals surface area contributed by atoms with Gasteiger partial charge in [0, 0.05) is 90.6 Å². The van der Waals surface area contributed by atoms with Crippen molar-refractivity contribution in [3.05, 3.63) is 206 Å². The number of hydrogen-bond donors (Lipinski definition) is 0. The maximum Gasteiger partial charge on any atom is 0.0541 e. The number of fused-ring (bicyclic) bond motifs is 15. The van der Waals surface area contributed by atoms with Crippen LogP contribution in [0.2, 0.25) is 0 Å². The van der Waals surface area contributed by atoms with Crippen molar-refractivity contribution in [2.75, 3.05) is 0 Å². The number of aromatic nitrogens is 4. The van der Waals surface area contributed by atoms with Crippen LogP contribution in [0.5, 0.6) is 0 Å². The van der Waals surface area contributed by atoms with E-state index >= 15 is 0 Å². The zero-order valence-corrected chi connectivity index (χ0v) is 35.4. The molecule has 300 valence electrons. The van der Waals surface area contributed by atoms with E-state index in [4.69, 9.17) is 0 Å². The van der Waals surface area contributed by atoms with Crippen LogP contribution in [0.4, 0.5) is 0 Å². The molecule has 0 saturated carbocycles. The molecular formula is C60H40N4. The summed E-state index contributed by atoms with van der Waals surface area (Å²) >= 11 is 0. The molecule has 0 fully saturated rings. The van der Waals surface area contributed by atoms with Gasteiger partial charge in [0.2, 0.25) is 0 Å². The van der Waals surface area contributed by atoms with Crippen LogP contribution in [-0.4, -0.2) is 18.3 Å². The SMILES string of the molecule is Cn1c2cc(-c3ccc(-n4c5ccccc5c5ccccc54)cc3)ccc2c2c3ccc4c(c3ccc21)c1ccc(-c2ccc(-n3c5ccccc5c5ccccc53)cc2)cc1n4C. The Hall–Kier alpha value is -8.34. The normalized spacial score (nSPS) is 12.2. The number of benzene rings is 10. The second-order valence-electron chi connectivity index (χ2n) is 17.4. The van der Waals surface area contributed by atoms with Crippen LogP contribution in [0.1, 0.15) is 0 Å². The molecule has 0 N–H and O–H groups in total. The monoisotopic (exact) mass is 816 g/mol. The lowest BCUT2D eigenvalue weighted by atomic mass is 9.97. The molecule has 0 aliphatic rings. The van der Waals surface area contributed by atoms with Crippen LogP contribution < -0.4 is 0 Å². The zero-order chi connectivity index (χ0) is 42.2. The summed E-state index contributed by atoms with van der Waals surface area (Å²) in [7, 11) is 4.41. The number of nitrogens with zero attached hydrogens (tertiary/aromatic N) is 4. The Morgan fingerprint density at radius 3 is 0.906 bits per heavy atom. The molecule has 0 bridgehead atoms. The van der Waals surface area contributed by atoms with Gasteiger partial charge in [0.05, 0.1) is 22.1 Å². The van der Waals surface area contributed by atoms with E-state index in [2.05, 4.69) is 239 Å². The Bertz CT molecular complexity index is 3860. The van der Waals surface area contributed by atoms with Gasteiger partial charge in [-0.1, -0.05) is 133 Å². The van der Waals surface area contributed by atoms with Crippen LogP contribution in [0.3, 0.4) is 0 Å². The lowest BCUT2D eigenvalue weighted by Gasteiger charge is -2.10. The van der Waals surface area contributed by atoms with E-state index in [9.17, 15) is 0 Å². The van der Waals surface area contributed by atoms with Crippen molar-refractivity contribution in [3.63, 3.8) is 0 Å². The summed E-state index contributed by atoms with van der Waals surface area (Å²) in [4.78, 5) is 0. The fourth-order valence-corrected chi connectivity index (χ4v) is 11.2. The molecule has 0 amide bonds. The summed E-state index contributed by atoms with van der Waals surface area (Å²) < 4.78 is 9.49. The van der Waals surface area contributed by atoms with Gasteiger partial charge in [0.1, 0.15) is 0 Å². The predicted octanol–water partition coefficient (Wildman–Crippen LogP) is 15.7. The zero-order valence-electron chi connectivity index (χ0n) is 35.4. The van der Waals surface area contributed by atoms with E-state index in [1.807, 2.05) is 0 Å². The number of aryl methyl sites for hydroxylation is 2. The van der Waals surface area contributed by atoms with Crippen molar-refractivity contribution >= 4 is 98.0 Å². The minimum Gasteiger partial charge on any atom is -0.344 e. The maximum atomic E-state index is 2.38. The summed E-state index contributed by atoms with van der Waals surface area (Å²) in [6, 6.07) is 76.2. The summed E-state index contributed by atoms with van der Waals surface area (Å²) in [5.41, 5.74) is 17.0. The van der Waals surface area contributed by atoms with Crippen LogP contribution in [0, 0.1) is 0 Å². The summed E-state index contributed by atoms with van der Waals surface area (Å²) in [6.07, 6.45) is 0. The van der Waals surface area contributed by atoms with Crippen molar-refractivity contribution < 1.29 is 0 Å². The van der Waals surface area contributed by atoms with Gasteiger partial charge in [-0.25, -0.2) is 0 Å². The van der Waals surface area contributed by atoms with Crippen molar-refractivity contribution in [2.24, 2.45) is 14.1 Å². The van der Waals surface area contributed by atoms with Crippen molar-refractivity contribution in [1.82, 2.24) is 18.3 Å². The summed E-state index contributed by atoms with van der Waals surface area (Å²) in [5.74, 6) is 0. The average molecular weight is 817 g/mol. The van der Waals surface area contributed by atoms with Gasteiger partial charge < -0.3 is 18.3 Å². The Balaban J connectivity index is 0.842. The van der Waals surface area contributed by atoms with Crippen molar-refractivity contribution in [3.8, 4) is 33.6 Å². The van der Waals surface area contributed by atoms with Crippen LogP contribution >= 0.6 is 0 Å². The molecule has 4 heteroatoms. The molecule has 14 aromatic rings. The molecule has 4 heterocycles. The highest BCUT2D eigenvalue weighted by Crippen LogP contribution is 2.42. The molecule has 4 aromatic heterocycles. The van der Waals surface area contributed by atoms with Gasteiger partial charge in [0.15, 0.2) is 0 Å². The minimum atomic E-state index is 1.17. The van der Waals surface area contributed by atoms with E-state index in [0.717, 1.165) is 0 Å². The van der Waals surface area contributed by atoms with Crippen LogP contribution in [0.15, 0.2) is 206 Å². The van der Waals surface area contributed by atoms with Gasteiger partial charge in [-0.2, -0.15) is 0 Å². The second kappa shape index (κ2) is 13.1. The molecule has 0 unspecified atom stereocenters. The van der Waals surface area contributed by atoms with Crippen molar-refractivity contribution in [1.29, 1.82) is 0 Å². The molecule has 0 radical (unpaired) electrons. The highest BCUT2D eigenvalue weighted by molar-refractivity contribution is 6.29. The van der Waals surface area contributed by atoms with Crippen molar-refractivity contribution in [2.45, 2.75) is 0 Å². The molecule has 0 aliphatic carbocycles. The third-order valence-electron chi connectivity index (χ3n) is 14.2. The quantitative estimate of drug-likeness (QED) is 0.169. The molecule has 14 rings (SSSR count). The minimum absolute atomic E-state index is 1.17. The third kappa shape index (κ3) is 4.82. The first-order valence-electron chi connectivity index (χ1n) is 22.1. The van der Waals surface area contributed by atoms with Crippen LogP contribution in [0.25, 0.3) is 132 Å². The molecule has 0 atom stereocenters. The number of para-hydroxylation sites is 4. The molecular weight excluding hydrogens is 777 g/mol. The van der Waals surface area contributed by atoms with E-state index in [0.29, 0.717) is 0 Å². The Kier molecular flexibility index (Phi) is 7.21. The third-order valence-corrected chi connectivity index (χ3v) is 14.2. The fourth-order valence-electron chi connectivity index (χ4n) is 11.2. The highest BCUT2D eigenvalue weighted by Gasteiger charge is 2.19. The molecule has 10 aromatic carbocycles. The lowest BCUT2D eigenvalue weighted by molar-refractivity contribution is 1.01. The van der Waals surface area contributed by atoms with E-state index in [1.54, 1.807) is 0 Å². The first-order chi connectivity index (χ1) is 31.6. The van der Waals surface area contributed by atoms with Gasteiger partial charge in [-0.15, -0.1) is 0 Å². The Labute approximate surface area is 368 Å². The topological polar surface area (TPSA) is 19.7 Å². The average Bonchev–Trinajstić information content (AvgIpc) is 4.06. The second-order valence-corrected chi connectivity index (χ2v) is 17.4. The van der Waals surface area contributed by atoms with E-state index in [1.165, 1.54) is 132 Å². The first-order valence-corrected chi connectivity index (χ1v) is 22.1.